The molecule has 0 saturated heterocycles. The summed E-state index contributed by atoms with van der Waals surface area (Å²) < 4.78 is 8.81. The molecule has 0 aliphatic heterocycles. The zero-order valence-corrected chi connectivity index (χ0v) is 14.8. The highest BCUT2D eigenvalue weighted by Gasteiger charge is 2.13. The largest absolute Gasteiger partial charge is 0.399 e. The van der Waals surface area contributed by atoms with E-state index in [-0.39, 0.29) is 0 Å². The number of ether oxygens (including phenoxy) is 1. The minimum Gasteiger partial charge on any atom is -0.399 e. The zero-order chi connectivity index (χ0) is 14.0. The van der Waals surface area contributed by atoms with Gasteiger partial charge in [-0.05, 0) is 24.2 Å². The number of nitrogens with zero attached hydrogens (tertiary/aromatic N) is 2. The van der Waals surface area contributed by atoms with Crippen LogP contribution in [0.5, 0.6) is 0 Å². The van der Waals surface area contributed by atoms with Crippen LogP contribution in [0.15, 0.2) is 18.2 Å². The molecular weight excluding hydrogens is 369 g/mol. The molecule has 1 heterocycles. The Labute approximate surface area is 128 Å². The van der Waals surface area contributed by atoms with Gasteiger partial charge >= 0.3 is 0 Å². The number of nitrogen functional groups attached to an aromatic ring is 1. The summed E-state index contributed by atoms with van der Waals surface area (Å²) in [7, 11) is -1.02. The average molecular weight is 389 g/mol. The molecule has 2 aromatic rings. The molecular formula is C13H20IN3OSi. The van der Waals surface area contributed by atoms with Crippen molar-refractivity contribution in [2.45, 2.75) is 32.4 Å². The van der Waals surface area contributed by atoms with E-state index < -0.39 is 8.07 Å². The van der Waals surface area contributed by atoms with Crippen LogP contribution in [-0.2, 0) is 11.5 Å². The van der Waals surface area contributed by atoms with E-state index >= 15 is 0 Å². The Bertz CT molecular complexity index is 577. The van der Waals surface area contributed by atoms with Crippen LogP contribution in [0.4, 0.5) is 5.69 Å². The number of aromatic nitrogens is 2. The number of imidazole rings is 1. The molecule has 6 heteroatoms. The quantitative estimate of drug-likeness (QED) is 0.368. The van der Waals surface area contributed by atoms with Gasteiger partial charge in [0.1, 0.15) is 6.73 Å². The van der Waals surface area contributed by atoms with Crippen molar-refractivity contribution in [1.82, 2.24) is 9.55 Å². The third-order valence-electron chi connectivity index (χ3n) is 2.94. The lowest BCUT2D eigenvalue weighted by Gasteiger charge is -2.15. The Morgan fingerprint density at radius 1 is 1.37 bits per heavy atom. The number of hydrogen-bond donors (Lipinski definition) is 1. The smallest absolute Gasteiger partial charge is 0.174 e. The number of fused-ring (bicyclic) bond motifs is 1. The summed E-state index contributed by atoms with van der Waals surface area (Å²) in [6.07, 6.45) is 0. The number of benzene rings is 1. The van der Waals surface area contributed by atoms with Gasteiger partial charge in [-0.3, -0.25) is 4.57 Å². The highest BCUT2D eigenvalue weighted by atomic mass is 127. The molecule has 0 atom stereocenters. The van der Waals surface area contributed by atoms with Gasteiger partial charge in [0.05, 0.1) is 11.0 Å². The summed E-state index contributed by atoms with van der Waals surface area (Å²) in [6, 6.07) is 6.99. The highest BCUT2D eigenvalue weighted by Crippen LogP contribution is 2.20. The van der Waals surface area contributed by atoms with E-state index in [9.17, 15) is 0 Å². The molecule has 104 valence electrons. The first-order valence-electron chi connectivity index (χ1n) is 6.36. The molecule has 2 N–H and O–H groups in total. The van der Waals surface area contributed by atoms with Gasteiger partial charge in [-0.15, -0.1) is 0 Å². The predicted octanol–water partition coefficient (Wildman–Crippen LogP) is 3.54. The van der Waals surface area contributed by atoms with Crippen LogP contribution >= 0.6 is 22.6 Å². The standard InChI is InChI=1S/C13H20IN3OSi/c1-19(2,3)7-6-18-9-17-12-5-4-10(15)8-11(12)16-13(17)14/h4-5,8H,6-7,9,15H2,1-3H3. The van der Waals surface area contributed by atoms with E-state index in [1.165, 1.54) is 6.04 Å². The molecule has 0 unspecified atom stereocenters. The van der Waals surface area contributed by atoms with Crippen molar-refractivity contribution >= 4 is 47.4 Å². The fraction of sp³-hybridized carbons (Fsp3) is 0.462. The van der Waals surface area contributed by atoms with Gasteiger partial charge in [0.25, 0.3) is 0 Å². The zero-order valence-electron chi connectivity index (χ0n) is 11.6. The molecule has 4 nitrogen and oxygen atoms in total. The third-order valence-corrected chi connectivity index (χ3v) is 5.47. The number of rotatable bonds is 5. The molecule has 1 aromatic heterocycles. The second-order valence-corrected chi connectivity index (χ2v) is 12.5. The minimum absolute atomic E-state index is 0.559. The Kier molecular flexibility index (Phi) is 4.52. The molecule has 1 aromatic carbocycles. The van der Waals surface area contributed by atoms with Crippen LogP contribution in [0.2, 0.25) is 25.7 Å². The van der Waals surface area contributed by atoms with Crippen LogP contribution in [0.3, 0.4) is 0 Å². The van der Waals surface area contributed by atoms with Crippen LogP contribution in [-0.4, -0.2) is 24.2 Å². The van der Waals surface area contributed by atoms with Crippen molar-refractivity contribution in [2.24, 2.45) is 0 Å². The van der Waals surface area contributed by atoms with Crippen LogP contribution < -0.4 is 5.73 Å². The summed E-state index contributed by atoms with van der Waals surface area (Å²) in [5, 5.41) is 0. The summed E-state index contributed by atoms with van der Waals surface area (Å²) in [4.78, 5) is 4.50. The van der Waals surface area contributed by atoms with Gasteiger partial charge in [0, 0.05) is 43.0 Å². The number of nitrogens with two attached hydrogens (primary N) is 1. The second-order valence-electron chi connectivity index (χ2n) is 5.91. The van der Waals surface area contributed by atoms with E-state index in [1.807, 2.05) is 18.2 Å². The number of anilines is 1. The lowest BCUT2D eigenvalue weighted by atomic mass is 10.3. The van der Waals surface area contributed by atoms with Gasteiger partial charge in [0.15, 0.2) is 3.83 Å². The van der Waals surface area contributed by atoms with Gasteiger partial charge in [-0.25, -0.2) is 4.98 Å². The lowest BCUT2D eigenvalue weighted by molar-refractivity contribution is 0.0881. The van der Waals surface area contributed by atoms with E-state index in [0.717, 1.165) is 27.2 Å². The molecule has 0 amide bonds. The van der Waals surface area contributed by atoms with Gasteiger partial charge in [-0.2, -0.15) is 0 Å². The summed E-state index contributed by atoms with van der Waals surface area (Å²) in [6.45, 7) is 8.45. The predicted molar refractivity (Wildman–Crippen MR) is 91.0 cm³/mol. The summed E-state index contributed by atoms with van der Waals surface area (Å²) in [5.74, 6) is 0. The normalized spacial score (nSPS) is 12.2. The highest BCUT2D eigenvalue weighted by molar-refractivity contribution is 14.1. The van der Waals surface area contributed by atoms with Crippen molar-refractivity contribution in [1.29, 1.82) is 0 Å². The molecule has 2 rings (SSSR count). The van der Waals surface area contributed by atoms with Crippen molar-refractivity contribution in [3.05, 3.63) is 22.0 Å². The van der Waals surface area contributed by atoms with E-state index in [2.05, 4.69) is 51.8 Å². The Hall–Kier alpha value is -0.603. The van der Waals surface area contributed by atoms with E-state index in [1.54, 1.807) is 0 Å². The molecule has 0 fully saturated rings. The molecule has 0 radical (unpaired) electrons. The van der Waals surface area contributed by atoms with Crippen LogP contribution in [0, 0.1) is 3.83 Å². The number of halogens is 1. The SMILES string of the molecule is C[Si](C)(C)CCOCn1c(I)nc2cc(N)ccc21. The molecule has 0 aliphatic rings. The Morgan fingerprint density at radius 3 is 2.79 bits per heavy atom. The first-order chi connectivity index (χ1) is 8.87. The van der Waals surface area contributed by atoms with E-state index in [0.29, 0.717) is 6.73 Å². The van der Waals surface area contributed by atoms with Crippen molar-refractivity contribution in [3.8, 4) is 0 Å². The molecule has 0 aliphatic carbocycles. The van der Waals surface area contributed by atoms with E-state index in [4.69, 9.17) is 10.5 Å². The second kappa shape index (κ2) is 5.80. The van der Waals surface area contributed by atoms with Crippen molar-refractivity contribution in [2.75, 3.05) is 12.3 Å². The fourth-order valence-electron chi connectivity index (χ4n) is 1.77. The van der Waals surface area contributed by atoms with Crippen LogP contribution in [0.25, 0.3) is 11.0 Å². The first-order valence-corrected chi connectivity index (χ1v) is 11.1. The fourth-order valence-corrected chi connectivity index (χ4v) is 3.19. The summed E-state index contributed by atoms with van der Waals surface area (Å²) in [5.41, 5.74) is 8.52. The maximum atomic E-state index is 5.79. The summed E-state index contributed by atoms with van der Waals surface area (Å²) >= 11 is 2.23. The lowest BCUT2D eigenvalue weighted by Crippen LogP contribution is -2.22. The molecule has 0 bridgehead atoms. The van der Waals surface area contributed by atoms with Gasteiger partial charge < -0.3 is 10.5 Å². The molecule has 19 heavy (non-hydrogen) atoms. The molecule has 0 spiro atoms. The van der Waals surface area contributed by atoms with Crippen LogP contribution in [0.1, 0.15) is 0 Å². The topological polar surface area (TPSA) is 53.1 Å². The number of hydrogen-bond acceptors (Lipinski definition) is 3. The van der Waals surface area contributed by atoms with Crippen molar-refractivity contribution in [3.63, 3.8) is 0 Å². The monoisotopic (exact) mass is 389 g/mol. The third kappa shape index (κ3) is 3.93. The molecule has 0 saturated carbocycles. The van der Waals surface area contributed by atoms with Gasteiger partial charge in [0.2, 0.25) is 0 Å². The van der Waals surface area contributed by atoms with Gasteiger partial charge in [-0.1, -0.05) is 19.6 Å². The minimum atomic E-state index is -1.02. The average Bonchev–Trinajstić information content (AvgIpc) is 2.58. The Balaban J connectivity index is 2.06. The maximum absolute atomic E-state index is 5.79. The van der Waals surface area contributed by atoms with Crippen molar-refractivity contribution < 1.29 is 4.74 Å². The first kappa shape index (κ1) is 14.8. The Morgan fingerprint density at radius 2 is 2.11 bits per heavy atom. The maximum Gasteiger partial charge on any atom is 0.174 e.